The van der Waals surface area contributed by atoms with Crippen LogP contribution in [0.4, 0.5) is 19.3 Å². The van der Waals surface area contributed by atoms with Crippen molar-refractivity contribution < 1.29 is 18.1 Å². The third kappa shape index (κ3) is 4.30. The van der Waals surface area contributed by atoms with Crippen molar-refractivity contribution in [1.29, 1.82) is 0 Å². The predicted molar refractivity (Wildman–Crippen MR) is 128 cm³/mol. The average Bonchev–Trinajstić information content (AvgIpc) is 3.28. The van der Waals surface area contributed by atoms with Crippen LogP contribution in [-0.4, -0.2) is 16.2 Å². The first kappa shape index (κ1) is 22.5. The Hall–Kier alpha value is -4.33. The van der Waals surface area contributed by atoms with Crippen LogP contribution in [0.5, 0.6) is 0 Å². The van der Waals surface area contributed by atoms with E-state index in [-0.39, 0.29) is 23.6 Å². The molecule has 0 saturated heterocycles. The number of amides is 2. The first-order chi connectivity index (χ1) is 16.8. The molecule has 5 rings (SSSR count). The topological polar surface area (TPSA) is 71.3 Å². The second-order valence-electron chi connectivity index (χ2n) is 8.55. The second kappa shape index (κ2) is 8.79. The van der Waals surface area contributed by atoms with Gasteiger partial charge in [-0.05, 0) is 86.0 Å². The molecular weight excluding hydrogens is 450 g/mol. The molecule has 6 nitrogen and oxygen atoms in total. The predicted octanol–water partition coefficient (Wildman–Crippen LogP) is 6.33. The van der Waals surface area contributed by atoms with Crippen molar-refractivity contribution in [2.45, 2.75) is 26.8 Å². The second-order valence-corrected chi connectivity index (χ2v) is 8.55. The normalized spacial score (nSPS) is 16.0. The standard InChI is InChI=1S/C27H22F2N4O2/c1-15-11-16(2)13-22(12-15)33-17(3)23(24(30-27(33)34)19-5-4-6-21(29)14-19)26-31-25(32-35-26)18-7-9-20(28)10-8-18/h4-14,24H,1-3H3,(H,30,34). The van der Waals surface area contributed by atoms with Crippen LogP contribution in [0.1, 0.15) is 35.5 Å². The maximum absolute atomic E-state index is 14.1. The van der Waals surface area contributed by atoms with Gasteiger partial charge in [-0.1, -0.05) is 23.4 Å². The molecule has 0 spiro atoms. The lowest BCUT2D eigenvalue weighted by Crippen LogP contribution is -2.46. The lowest BCUT2D eigenvalue weighted by atomic mass is 9.94. The molecule has 0 radical (unpaired) electrons. The largest absolute Gasteiger partial charge is 0.334 e. The number of hydrogen-bond acceptors (Lipinski definition) is 4. The Kier molecular flexibility index (Phi) is 5.64. The quantitative estimate of drug-likeness (QED) is 0.377. The number of aryl methyl sites for hydroxylation is 2. The molecule has 3 aromatic carbocycles. The number of halogens is 2. The third-order valence-electron chi connectivity index (χ3n) is 5.89. The van der Waals surface area contributed by atoms with Crippen molar-refractivity contribution in [2.75, 3.05) is 4.90 Å². The molecule has 2 amide bonds. The highest BCUT2D eigenvalue weighted by atomic mass is 19.1. The molecule has 2 heterocycles. The van der Waals surface area contributed by atoms with Crippen molar-refractivity contribution in [2.24, 2.45) is 0 Å². The highest BCUT2D eigenvalue weighted by Gasteiger charge is 2.36. The molecule has 1 unspecified atom stereocenters. The molecule has 176 valence electrons. The molecule has 1 aromatic heterocycles. The molecular formula is C27H22F2N4O2. The van der Waals surface area contributed by atoms with Gasteiger partial charge in [-0.2, -0.15) is 4.98 Å². The van der Waals surface area contributed by atoms with E-state index in [0.717, 1.165) is 11.1 Å². The molecule has 4 aromatic rings. The number of hydrogen-bond donors (Lipinski definition) is 1. The summed E-state index contributed by atoms with van der Waals surface area (Å²) in [6.45, 7) is 5.71. The maximum atomic E-state index is 14.1. The van der Waals surface area contributed by atoms with Gasteiger partial charge >= 0.3 is 6.03 Å². The average molecular weight is 472 g/mol. The van der Waals surface area contributed by atoms with Gasteiger partial charge in [0.05, 0.1) is 17.3 Å². The fraction of sp³-hybridized carbons (Fsp3) is 0.148. The van der Waals surface area contributed by atoms with Gasteiger partial charge in [-0.15, -0.1) is 0 Å². The summed E-state index contributed by atoms with van der Waals surface area (Å²) in [4.78, 5) is 19.4. The van der Waals surface area contributed by atoms with Crippen LogP contribution >= 0.6 is 0 Å². The SMILES string of the molecule is CC1=C(c2nc(-c3ccc(F)cc3)no2)C(c2cccc(F)c2)NC(=O)N1c1cc(C)cc(C)c1. The summed E-state index contributed by atoms with van der Waals surface area (Å²) in [5.74, 6) is -0.358. The summed E-state index contributed by atoms with van der Waals surface area (Å²) in [7, 11) is 0. The first-order valence-corrected chi connectivity index (χ1v) is 11.1. The van der Waals surface area contributed by atoms with E-state index < -0.39 is 11.9 Å². The van der Waals surface area contributed by atoms with Gasteiger partial charge in [0.25, 0.3) is 5.89 Å². The summed E-state index contributed by atoms with van der Waals surface area (Å²) in [6, 6.07) is 16.5. The number of rotatable bonds is 4. The third-order valence-corrected chi connectivity index (χ3v) is 5.89. The van der Waals surface area contributed by atoms with Crippen LogP contribution in [0, 0.1) is 25.5 Å². The van der Waals surface area contributed by atoms with Gasteiger partial charge in [-0.3, -0.25) is 4.90 Å². The summed E-state index contributed by atoms with van der Waals surface area (Å²) in [5, 5.41) is 7.04. The number of aromatic nitrogens is 2. The van der Waals surface area contributed by atoms with Gasteiger partial charge < -0.3 is 9.84 Å². The molecule has 1 N–H and O–H groups in total. The number of allylic oxidation sites excluding steroid dienone is 1. The van der Waals surface area contributed by atoms with Gasteiger partial charge in [0.15, 0.2) is 0 Å². The molecule has 8 heteroatoms. The minimum Gasteiger partial charge on any atom is -0.334 e. The Morgan fingerprint density at radius 1 is 0.914 bits per heavy atom. The van der Waals surface area contributed by atoms with Gasteiger partial charge in [0.2, 0.25) is 5.82 Å². The van der Waals surface area contributed by atoms with Gasteiger partial charge in [-0.25, -0.2) is 13.6 Å². The minimum atomic E-state index is -0.720. The zero-order valence-electron chi connectivity index (χ0n) is 19.3. The maximum Gasteiger partial charge on any atom is 0.326 e. The Labute approximate surface area is 200 Å². The van der Waals surface area contributed by atoms with Crippen LogP contribution in [0.3, 0.4) is 0 Å². The van der Waals surface area contributed by atoms with Crippen LogP contribution < -0.4 is 10.2 Å². The number of carbonyl (C=O) groups excluding carboxylic acids is 1. The monoisotopic (exact) mass is 472 g/mol. The summed E-state index contributed by atoms with van der Waals surface area (Å²) < 4.78 is 33.1. The van der Waals surface area contributed by atoms with Gasteiger partial charge in [0, 0.05) is 11.3 Å². The zero-order valence-corrected chi connectivity index (χ0v) is 19.3. The van der Waals surface area contributed by atoms with E-state index in [0.29, 0.717) is 28.1 Å². The van der Waals surface area contributed by atoms with Crippen molar-refractivity contribution in [3.05, 3.63) is 107 Å². The summed E-state index contributed by atoms with van der Waals surface area (Å²) in [5.41, 5.74) is 4.92. The van der Waals surface area contributed by atoms with Crippen molar-refractivity contribution >= 4 is 17.3 Å². The number of carbonyl (C=O) groups is 1. The highest BCUT2D eigenvalue weighted by Crippen LogP contribution is 2.39. The summed E-state index contributed by atoms with van der Waals surface area (Å²) in [6.07, 6.45) is 0. The number of urea groups is 1. The molecule has 0 saturated carbocycles. The lowest BCUT2D eigenvalue weighted by Gasteiger charge is -2.35. The highest BCUT2D eigenvalue weighted by molar-refractivity contribution is 6.01. The van der Waals surface area contributed by atoms with E-state index >= 15 is 0 Å². The Balaban J connectivity index is 1.67. The summed E-state index contributed by atoms with van der Waals surface area (Å²) >= 11 is 0. The molecule has 35 heavy (non-hydrogen) atoms. The van der Waals surface area contributed by atoms with Crippen LogP contribution in [0.2, 0.25) is 0 Å². The molecule has 1 aliphatic rings. The van der Waals surface area contributed by atoms with E-state index in [4.69, 9.17) is 4.52 Å². The first-order valence-electron chi connectivity index (χ1n) is 11.1. The number of nitrogens with zero attached hydrogens (tertiary/aromatic N) is 3. The smallest absolute Gasteiger partial charge is 0.326 e. The molecule has 0 fully saturated rings. The van der Waals surface area contributed by atoms with Crippen molar-refractivity contribution in [3.8, 4) is 11.4 Å². The fourth-order valence-electron chi connectivity index (χ4n) is 4.40. The van der Waals surface area contributed by atoms with E-state index in [1.54, 1.807) is 36.1 Å². The lowest BCUT2D eigenvalue weighted by molar-refractivity contribution is 0.244. The molecule has 1 atom stereocenters. The van der Waals surface area contributed by atoms with Crippen LogP contribution in [0.25, 0.3) is 17.0 Å². The van der Waals surface area contributed by atoms with E-state index in [1.807, 2.05) is 32.0 Å². The molecule has 0 bridgehead atoms. The molecule has 0 aliphatic carbocycles. The van der Waals surface area contributed by atoms with E-state index in [1.165, 1.54) is 24.3 Å². The fourth-order valence-corrected chi connectivity index (χ4v) is 4.40. The minimum absolute atomic E-state index is 0.172. The molecule has 1 aliphatic heterocycles. The number of anilines is 1. The zero-order chi connectivity index (χ0) is 24.7. The number of benzene rings is 3. The van der Waals surface area contributed by atoms with Crippen molar-refractivity contribution in [3.63, 3.8) is 0 Å². The Morgan fingerprint density at radius 3 is 2.31 bits per heavy atom. The van der Waals surface area contributed by atoms with Crippen molar-refractivity contribution in [1.82, 2.24) is 15.5 Å². The Bertz CT molecular complexity index is 1440. The van der Waals surface area contributed by atoms with Crippen LogP contribution in [0.15, 0.2) is 77.0 Å². The van der Waals surface area contributed by atoms with Crippen LogP contribution in [-0.2, 0) is 0 Å². The number of nitrogens with one attached hydrogen (secondary N) is 1. The Morgan fingerprint density at radius 2 is 1.63 bits per heavy atom. The van der Waals surface area contributed by atoms with E-state index in [2.05, 4.69) is 15.5 Å². The van der Waals surface area contributed by atoms with E-state index in [9.17, 15) is 13.6 Å². The van der Waals surface area contributed by atoms with Gasteiger partial charge in [0.1, 0.15) is 11.6 Å².